The molecule has 0 heterocycles. The molecule has 0 fully saturated rings. The Hall–Kier alpha value is -1.82. The van der Waals surface area contributed by atoms with Gasteiger partial charge < -0.3 is 20.3 Å². The van der Waals surface area contributed by atoms with Gasteiger partial charge in [-0.3, -0.25) is 0 Å². The van der Waals surface area contributed by atoms with Crippen molar-refractivity contribution in [2.45, 2.75) is 26.9 Å². The summed E-state index contributed by atoms with van der Waals surface area (Å²) in [6.45, 7) is 10.3. The first-order valence-corrected chi connectivity index (χ1v) is 8.18. The fraction of sp³-hybridized carbons (Fsp3) is 0.588. The van der Waals surface area contributed by atoms with E-state index in [0.29, 0.717) is 12.3 Å². The van der Waals surface area contributed by atoms with Crippen LogP contribution in [0.25, 0.3) is 0 Å². The number of nitrogens with one attached hydrogen (secondary N) is 2. The van der Waals surface area contributed by atoms with Gasteiger partial charge in [0.05, 0.1) is 6.54 Å². The molecule has 1 aromatic rings. The van der Waals surface area contributed by atoms with Crippen molar-refractivity contribution in [3.63, 3.8) is 0 Å². The number of rotatable bonds is 9. The molecule has 1 atom stereocenters. The van der Waals surface area contributed by atoms with Gasteiger partial charge in [0, 0.05) is 19.6 Å². The van der Waals surface area contributed by atoms with E-state index in [2.05, 4.69) is 34.5 Å². The molecule has 23 heavy (non-hydrogen) atoms. The van der Waals surface area contributed by atoms with Gasteiger partial charge in [0.25, 0.3) is 0 Å². The van der Waals surface area contributed by atoms with E-state index in [1.54, 1.807) is 12.1 Å². The number of guanidine groups is 1. The van der Waals surface area contributed by atoms with Gasteiger partial charge in [-0.05, 0) is 51.7 Å². The number of halogens is 1. The smallest absolute Gasteiger partial charge is 0.191 e. The monoisotopic (exact) mass is 324 g/mol. The van der Waals surface area contributed by atoms with Crippen LogP contribution >= 0.6 is 0 Å². The standard InChI is InChI=1S/C17H29FN4O/c1-5-19-17(20-11-12-22(4)6-2)21-13-14(3)23-16-9-7-15(18)8-10-16/h7-10,14H,5-6,11-13H2,1-4H3,(H2,19,20,21). The summed E-state index contributed by atoms with van der Waals surface area (Å²) in [7, 11) is 2.09. The Morgan fingerprint density at radius 3 is 2.57 bits per heavy atom. The summed E-state index contributed by atoms with van der Waals surface area (Å²) in [4.78, 5) is 6.76. The summed E-state index contributed by atoms with van der Waals surface area (Å²) in [5, 5.41) is 6.52. The molecule has 0 bridgehead atoms. The third-order valence-electron chi connectivity index (χ3n) is 3.33. The van der Waals surface area contributed by atoms with Crippen LogP contribution in [0.3, 0.4) is 0 Å². The van der Waals surface area contributed by atoms with Crippen molar-refractivity contribution in [3.05, 3.63) is 30.1 Å². The largest absolute Gasteiger partial charge is 0.489 e. The highest BCUT2D eigenvalue weighted by atomic mass is 19.1. The second-order valence-corrected chi connectivity index (χ2v) is 5.42. The van der Waals surface area contributed by atoms with Gasteiger partial charge in [-0.25, -0.2) is 9.38 Å². The minimum absolute atomic E-state index is 0.0887. The third kappa shape index (κ3) is 8.40. The molecule has 0 radical (unpaired) electrons. The first-order chi connectivity index (χ1) is 11.0. The molecule has 5 nitrogen and oxygen atoms in total. The SMILES string of the molecule is CCNC(=NCC(C)Oc1ccc(F)cc1)NCCN(C)CC. The topological polar surface area (TPSA) is 48.9 Å². The molecular formula is C17H29FN4O. The summed E-state index contributed by atoms with van der Waals surface area (Å²) < 4.78 is 18.6. The normalized spacial score (nSPS) is 13.0. The molecule has 0 aliphatic rings. The summed E-state index contributed by atoms with van der Waals surface area (Å²) in [6, 6.07) is 6.03. The van der Waals surface area contributed by atoms with Crippen molar-refractivity contribution in [2.24, 2.45) is 4.99 Å². The maximum atomic E-state index is 12.9. The molecule has 1 unspecified atom stereocenters. The number of ether oxygens (including phenoxy) is 1. The molecule has 0 aliphatic heterocycles. The van der Waals surface area contributed by atoms with E-state index in [9.17, 15) is 4.39 Å². The zero-order valence-corrected chi connectivity index (χ0v) is 14.6. The van der Waals surface area contributed by atoms with Crippen molar-refractivity contribution < 1.29 is 9.13 Å². The van der Waals surface area contributed by atoms with Crippen LogP contribution < -0.4 is 15.4 Å². The lowest BCUT2D eigenvalue weighted by molar-refractivity contribution is 0.230. The van der Waals surface area contributed by atoms with E-state index in [4.69, 9.17) is 4.74 Å². The van der Waals surface area contributed by atoms with Crippen LogP contribution in [0, 0.1) is 5.82 Å². The van der Waals surface area contributed by atoms with Gasteiger partial charge in [0.2, 0.25) is 0 Å². The molecule has 0 saturated heterocycles. The molecule has 1 aromatic carbocycles. The molecule has 0 aromatic heterocycles. The summed E-state index contributed by atoms with van der Waals surface area (Å²) in [5.74, 6) is 1.17. The van der Waals surface area contributed by atoms with Gasteiger partial charge in [-0.1, -0.05) is 6.92 Å². The van der Waals surface area contributed by atoms with Crippen LogP contribution in [-0.4, -0.2) is 56.7 Å². The number of aliphatic imine (C=N–C) groups is 1. The number of hydrogen-bond donors (Lipinski definition) is 2. The summed E-state index contributed by atoms with van der Waals surface area (Å²) >= 11 is 0. The van der Waals surface area contributed by atoms with Gasteiger partial charge in [-0.2, -0.15) is 0 Å². The van der Waals surface area contributed by atoms with E-state index in [1.165, 1.54) is 12.1 Å². The third-order valence-corrected chi connectivity index (χ3v) is 3.33. The highest BCUT2D eigenvalue weighted by Gasteiger charge is 2.05. The lowest BCUT2D eigenvalue weighted by Gasteiger charge is -2.17. The quantitative estimate of drug-likeness (QED) is 0.539. The Morgan fingerprint density at radius 1 is 1.26 bits per heavy atom. The number of nitrogens with zero attached hydrogens (tertiary/aromatic N) is 2. The highest BCUT2D eigenvalue weighted by molar-refractivity contribution is 5.79. The Bertz CT molecular complexity index is 464. The van der Waals surface area contributed by atoms with Crippen LogP contribution in [0.5, 0.6) is 5.75 Å². The second kappa shape index (κ2) is 10.8. The van der Waals surface area contributed by atoms with Crippen LogP contribution in [0.1, 0.15) is 20.8 Å². The molecule has 6 heteroatoms. The van der Waals surface area contributed by atoms with Crippen LogP contribution in [0.4, 0.5) is 4.39 Å². The Labute approximate surface area is 138 Å². The van der Waals surface area contributed by atoms with Gasteiger partial charge in [-0.15, -0.1) is 0 Å². The average molecular weight is 324 g/mol. The number of benzene rings is 1. The van der Waals surface area contributed by atoms with Crippen LogP contribution in [-0.2, 0) is 0 Å². The molecule has 0 aliphatic carbocycles. The number of hydrogen-bond acceptors (Lipinski definition) is 3. The van der Waals surface area contributed by atoms with E-state index < -0.39 is 0 Å². The molecule has 0 saturated carbocycles. The molecule has 2 N–H and O–H groups in total. The average Bonchev–Trinajstić information content (AvgIpc) is 2.54. The van der Waals surface area contributed by atoms with E-state index >= 15 is 0 Å². The maximum Gasteiger partial charge on any atom is 0.191 e. The van der Waals surface area contributed by atoms with E-state index in [-0.39, 0.29) is 11.9 Å². The highest BCUT2D eigenvalue weighted by Crippen LogP contribution is 2.12. The van der Waals surface area contributed by atoms with Crippen molar-refractivity contribution in [1.29, 1.82) is 0 Å². The fourth-order valence-corrected chi connectivity index (χ4v) is 1.87. The van der Waals surface area contributed by atoms with E-state index in [0.717, 1.165) is 32.1 Å². The zero-order chi connectivity index (χ0) is 17.1. The maximum absolute atomic E-state index is 12.9. The molecule has 1 rings (SSSR count). The minimum atomic E-state index is -0.265. The first kappa shape index (κ1) is 19.2. The molecule has 130 valence electrons. The minimum Gasteiger partial charge on any atom is -0.489 e. The predicted molar refractivity (Wildman–Crippen MR) is 93.6 cm³/mol. The Morgan fingerprint density at radius 2 is 1.96 bits per heavy atom. The predicted octanol–water partition coefficient (Wildman–Crippen LogP) is 2.10. The lowest BCUT2D eigenvalue weighted by Crippen LogP contribution is -2.41. The fourth-order valence-electron chi connectivity index (χ4n) is 1.87. The van der Waals surface area contributed by atoms with Crippen LogP contribution in [0.15, 0.2) is 29.3 Å². The van der Waals surface area contributed by atoms with Crippen molar-refractivity contribution in [3.8, 4) is 5.75 Å². The molecule has 0 spiro atoms. The van der Waals surface area contributed by atoms with Gasteiger partial charge in [0.15, 0.2) is 5.96 Å². The van der Waals surface area contributed by atoms with Gasteiger partial charge in [0.1, 0.15) is 17.7 Å². The zero-order valence-electron chi connectivity index (χ0n) is 14.6. The molecule has 0 amide bonds. The lowest BCUT2D eigenvalue weighted by atomic mass is 10.3. The first-order valence-electron chi connectivity index (χ1n) is 8.18. The summed E-state index contributed by atoms with van der Waals surface area (Å²) in [5.41, 5.74) is 0. The summed E-state index contributed by atoms with van der Waals surface area (Å²) in [6.07, 6.45) is -0.0887. The van der Waals surface area contributed by atoms with Crippen LogP contribution in [0.2, 0.25) is 0 Å². The van der Waals surface area contributed by atoms with Gasteiger partial charge >= 0.3 is 0 Å². The van der Waals surface area contributed by atoms with Crippen molar-refractivity contribution >= 4 is 5.96 Å². The molecular weight excluding hydrogens is 295 g/mol. The Balaban J connectivity index is 2.43. The number of likely N-dealkylation sites (N-methyl/N-ethyl adjacent to an activating group) is 1. The Kier molecular flexibility index (Phi) is 9.05. The second-order valence-electron chi connectivity index (χ2n) is 5.42. The van der Waals surface area contributed by atoms with Crippen molar-refractivity contribution in [2.75, 3.05) is 39.8 Å². The van der Waals surface area contributed by atoms with Crippen molar-refractivity contribution in [1.82, 2.24) is 15.5 Å². The van der Waals surface area contributed by atoms with E-state index in [1.807, 2.05) is 13.8 Å².